The number of carboxylic acids is 1. The molecule has 9 nitrogen and oxygen atoms in total. The van der Waals surface area contributed by atoms with Crippen LogP contribution < -0.4 is 9.47 Å². The van der Waals surface area contributed by atoms with Gasteiger partial charge in [0.25, 0.3) is 0 Å². The Morgan fingerprint density at radius 1 is 1.16 bits per heavy atom. The Hall–Kier alpha value is -4.20. The zero-order valence-corrected chi connectivity index (χ0v) is 24.3. The van der Waals surface area contributed by atoms with Crippen molar-refractivity contribution in [3.63, 3.8) is 0 Å². The van der Waals surface area contributed by atoms with E-state index >= 15 is 0 Å². The van der Waals surface area contributed by atoms with Crippen LogP contribution in [-0.2, 0) is 19.7 Å². The first-order valence-electron chi connectivity index (χ1n) is 14.3. The van der Waals surface area contributed by atoms with Crippen LogP contribution in [0.15, 0.2) is 54.7 Å². The van der Waals surface area contributed by atoms with Crippen LogP contribution in [0.25, 0.3) is 11.0 Å². The second kappa shape index (κ2) is 12.2. The summed E-state index contributed by atoms with van der Waals surface area (Å²) in [6.07, 6.45) is 5.79. The lowest BCUT2D eigenvalue weighted by Crippen LogP contribution is -2.38. The number of nitrogens with zero attached hydrogens (tertiary/aromatic N) is 5. The molecule has 0 amide bonds. The van der Waals surface area contributed by atoms with Gasteiger partial charge in [-0.3, -0.25) is 9.88 Å². The lowest BCUT2D eigenvalue weighted by atomic mass is 10.0. The lowest BCUT2D eigenvalue weighted by Gasteiger charge is -2.32. The first-order chi connectivity index (χ1) is 20.8. The van der Waals surface area contributed by atoms with Crippen molar-refractivity contribution in [3.05, 3.63) is 82.6 Å². The molecular weight excluding hydrogens is 573 g/mol. The van der Waals surface area contributed by atoms with Crippen LogP contribution >= 0.6 is 11.6 Å². The smallest absolute Gasteiger partial charge is 0.335 e. The number of piperidine rings is 1. The first kappa shape index (κ1) is 28.9. The summed E-state index contributed by atoms with van der Waals surface area (Å²) in [6, 6.07) is 15.3. The van der Waals surface area contributed by atoms with Gasteiger partial charge in [0, 0.05) is 48.8 Å². The molecule has 0 atom stereocenters. The van der Waals surface area contributed by atoms with E-state index in [1.54, 1.807) is 36.5 Å². The molecule has 2 aromatic heterocycles. The molecule has 2 aromatic carbocycles. The highest BCUT2D eigenvalue weighted by atomic mass is 35.5. The van der Waals surface area contributed by atoms with Crippen LogP contribution in [0.4, 0.5) is 4.39 Å². The van der Waals surface area contributed by atoms with Gasteiger partial charge in [-0.15, -0.1) is 0 Å². The molecule has 1 aliphatic heterocycles. The molecule has 6 rings (SSSR count). The second-order valence-corrected chi connectivity index (χ2v) is 11.8. The fourth-order valence-electron chi connectivity index (χ4n) is 5.60. The summed E-state index contributed by atoms with van der Waals surface area (Å²) in [4.78, 5) is 23.2. The number of rotatable bonds is 11. The van der Waals surface area contributed by atoms with Gasteiger partial charge >= 0.3 is 5.97 Å². The normalized spacial score (nSPS) is 16.6. The summed E-state index contributed by atoms with van der Waals surface area (Å²) in [7, 11) is 0. The maximum Gasteiger partial charge on any atom is 0.335 e. The van der Waals surface area contributed by atoms with E-state index < -0.39 is 11.8 Å². The van der Waals surface area contributed by atoms with Gasteiger partial charge in [0.2, 0.25) is 0 Å². The summed E-state index contributed by atoms with van der Waals surface area (Å²) < 4.78 is 28.0. The van der Waals surface area contributed by atoms with E-state index in [-0.39, 0.29) is 29.4 Å². The van der Waals surface area contributed by atoms with Crippen molar-refractivity contribution >= 4 is 28.6 Å². The van der Waals surface area contributed by atoms with E-state index in [0.717, 1.165) is 55.6 Å². The Labute approximate surface area is 253 Å². The molecule has 1 saturated heterocycles. The van der Waals surface area contributed by atoms with Crippen LogP contribution in [-0.4, -0.2) is 49.7 Å². The number of likely N-dealkylation sites (tertiary alicyclic amines) is 1. The van der Waals surface area contributed by atoms with E-state index in [1.165, 1.54) is 12.1 Å². The number of fused-ring (bicyclic) bond motifs is 1. The van der Waals surface area contributed by atoms with Crippen molar-refractivity contribution in [2.24, 2.45) is 5.41 Å². The average Bonchev–Trinajstić information content (AvgIpc) is 3.67. The molecule has 2 aliphatic rings. The molecule has 0 radical (unpaired) electrons. The number of ether oxygens (including phenoxy) is 2. The Morgan fingerprint density at radius 2 is 1.98 bits per heavy atom. The molecule has 0 bridgehead atoms. The van der Waals surface area contributed by atoms with Crippen LogP contribution in [0.1, 0.15) is 54.0 Å². The summed E-state index contributed by atoms with van der Waals surface area (Å²) in [6.45, 7) is 3.01. The van der Waals surface area contributed by atoms with Crippen LogP contribution in [0.2, 0.25) is 5.02 Å². The molecule has 1 N–H and O–H groups in total. The minimum absolute atomic E-state index is 0.0310. The fraction of sp³-hybridized carbons (Fsp3) is 0.375. The Bertz CT molecular complexity index is 1690. The Balaban J connectivity index is 1.08. The largest absolute Gasteiger partial charge is 0.490 e. The van der Waals surface area contributed by atoms with Crippen molar-refractivity contribution in [3.8, 4) is 17.6 Å². The molecule has 11 heteroatoms. The summed E-state index contributed by atoms with van der Waals surface area (Å²) in [5.41, 5.74) is 2.36. The Kier molecular flexibility index (Phi) is 8.19. The highest BCUT2D eigenvalue weighted by Crippen LogP contribution is 2.50. The van der Waals surface area contributed by atoms with Gasteiger partial charge in [-0.2, -0.15) is 5.26 Å². The highest BCUT2D eigenvalue weighted by molar-refractivity contribution is 6.30. The number of aromatic carboxylic acids is 1. The molecule has 3 heterocycles. The summed E-state index contributed by atoms with van der Waals surface area (Å²) in [5, 5.41) is 19.2. The van der Waals surface area contributed by atoms with Crippen molar-refractivity contribution < 1.29 is 23.8 Å². The third-order valence-electron chi connectivity index (χ3n) is 8.24. The molecule has 0 spiro atoms. The van der Waals surface area contributed by atoms with Crippen molar-refractivity contribution in [1.29, 1.82) is 5.26 Å². The minimum Gasteiger partial charge on any atom is -0.490 e. The number of carbonyl (C=O) groups is 1. The van der Waals surface area contributed by atoms with E-state index in [9.17, 15) is 19.6 Å². The van der Waals surface area contributed by atoms with E-state index in [1.807, 2.05) is 6.07 Å². The predicted octanol–water partition coefficient (Wildman–Crippen LogP) is 6.24. The number of aromatic nitrogens is 3. The van der Waals surface area contributed by atoms with Gasteiger partial charge in [-0.25, -0.2) is 14.2 Å². The van der Waals surface area contributed by atoms with Gasteiger partial charge in [0.15, 0.2) is 11.6 Å². The van der Waals surface area contributed by atoms with E-state index in [2.05, 4.69) is 20.5 Å². The second-order valence-electron chi connectivity index (χ2n) is 11.4. The molecular formula is C32H31ClFN5O4. The standard InChI is InChI=1S/C32H31ClFN5O4/c33-22-2-4-29(26(34)16-22)42-19-23-17-25(5-12-36-23)43-24-6-13-38(14-7-24)18-30-37-27-3-1-21(31(40)41)15-28(27)39(30)20-32(8-9-32)10-11-35/h1-5,12,15-17,24H,6-10,13-14,18-20H2,(H,40,41). The average molecular weight is 604 g/mol. The zero-order chi connectivity index (χ0) is 30.0. The van der Waals surface area contributed by atoms with Crippen LogP contribution in [0, 0.1) is 22.6 Å². The maximum absolute atomic E-state index is 14.0. The number of hydrogen-bond acceptors (Lipinski definition) is 7. The number of nitriles is 1. The molecule has 1 saturated carbocycles. The summed E-state index contributed by atoms with van der Waals surface area (Å²) in [5.74, 6) is 0.184. The zero-order valence-electron chi connectivity index (χ0n) is 23.5. The van der Waals surface area contributed by atoms with Gasteiger partial charge in [-0.1, -0.05) is 11.6 Å². The van der Waals surface area contributed by atoms with Crippen LogP contribution in [0.3, 0.4) is 0 Å². The third kappa shape index (κ3) is 6.74. The molecule has 1 aliphatic carbocycles. The van der Waals surface area contributed by atoms with E-state index in [0.29, 0.717) is 36.0 Å². The molecule has 0 unspecified atom stereocenters. The highest BCUT2D eigenvalue weighted by Gasteiger charge is 2.43. The molecule has 222 valence electrons. The maximum atomic E-state index is 14.0. The quantitative estimate of drug-likeness (QED) is 0.214. The van der Waals surface area contributed by atoms with Gasteiger partial charge < -0.3 is 19.1 Å². The number of pyridine rings is 1. The van der Waals surface area contributed by atoms with Crippen molar-refractivity contribution in [2.45, 2.75) is 57.9 Å². The predicted molar refractivity (Wildman–Crippen MR) is 157 cm³/mol. The minimum atomic E-state index is -0.972. The fourth-order valence-corrected chi connectivity index (χ4v) is 5.76. The van der Waals surface area contributed by atoms with Crippen molar-refractivity contribution in [2.75, 3.05) is 13.1 Å². The third-order valence-corrected chi connectivity index (χ3v) is 8.47. The molecule has 2 fully saturated rings. The molecule has 43 heavy (non-hydrogen) atoms. The number of halogens is 2. The lowest BCUT2D eigenvalue weighted by molar-refractivity contribution is 0.0697. The molecule has 4 aromatic rings. The van der Waals surface area contributed by atoms with Crippen LogP contribution in [0.5, 0.6) is 11.5 Å². The van der Waals surface area contributed by atoms with E-state index in [4.69, 9.17) is 26.1 Å². The summed E-state index contributed by atoms with van der Waals surface area (Å²) >= 11 is 5.81. The van der Waals surface area contributed by atoms with Crippen molar-refractivity contribution in [1.82, 2.24) is 19.4 Å². The monoisotopic (exact) mass is 603 g/mol. The van der Waals surface area contributed by atoms with Gasteiger partial charge in [-0.05, 0) is 68.1 Å². The van der Waals surface area contributed by atoms with Gasteiger partial charge in [0.05, 0.1) is 34.9 Å². The topological polar surface area (TPSA) is 114 Å². The van der Waals surface area contributed by atoms with Gasteiger partial charge in [0.1, 0.15) is 24.3 Å². The Morgan fingerprint density at radius 3 is 2.70 bits per heavy atom. The number of carboxylic acid groups (broad SMARTS) is 1. The number of hydrogen-bond donors (Lipinski definition) is 1. The number of imidazole rings is 1. The SMILES string of the molecule is N#CCC1(Cn2c(CN3CCC(Oc4ccnc(COc5ccc(Cl)cc5F)c4)CC3)nc3ccc(C(=O)O)cc32)CC1. The first-order valence-corrected chi connectivity index (χ1v) is 14.7. The number of benzene rings is 2.